The molecule has 1 aromatic carbocycles. The molecule has 0 aliphatic carbocycles. The number of H-pyrrole nitrogens is 1. The van der Waals surface area contributed by atoms with Crippen molar-refractivity contribution in [1.82, 2.24) is 15.5 Å². The molecule has 1 saturated heterocycles. The van der Waals surface area contributed by atoms with Crippen LogP contribution >= 0.6 is 0 Å². The average Bonchev–Trinajstić information content (AvgIpc) is 2.90. The lowest BCUT2D eigenvalue weighted by atomic mass is 9.88. The Labute approximate surface area is 118 Å². The normalized spacial score (nSPS) is 18.8. The van der Waals surface area contributed by atoms with E-state index < -0.39 is 0 Å². The van der Waals surface area contributed by atoms with Crippen LogP contribution in [-0.2, 0) is 6.42 Å². The molecule has 104 valence electrons. The average molecular weight is 269 g/mol. The number of rotatable bonds is 1. The molecule has 20 heavy (non-hydrogen) atoms. The second kappa shape index (κ2) is 4.94. The summed E-state index contributed by atoms with van der Waals surface area (Å²) in [4.78, 5) is 0. The molecule has 0 amide bonds. The van der Waals surface area contributed by atoms with E-state index >= 15 is 0 Å². The summed E-state index contributed by atoms with van der Waals surface area (Å²) in [5.74, 6) is 1.64. The summed E-state index contributed by atoms with van der Waals surface area (Å²) in [7, 11) is 0. The third-order valence-electron chi connectivity index (χ3n) is 4.43. The van der Waals surface area contributed by atoms with Crippen LogP contribution in [0.5, 0.6) is 5.75 Å². The van der Waals surface area contributed by atoms with Crippen molar-refractivity contribution in [2.75, 3.05) is 19.7 Å². The summed E-state index contributed by atoms with van der Waals surface area (Å²) in [6.07, 6.45) is 5.28. The van der Waals surface area contributed by atoms with Gasteiger partial charge in [0, 0.05) is 17.5 Å². The lowest BCUT2D eigenvalue weighted by molar-refractivity contribution is 0.326. The standard InChI is InChI=1S/C16H19N3O/c1-2-15-14(9-12(1)11-3-6-17-7-4-11)16-13(5-8-20-15)10-18-19-16/h1-2,9-11,17H,3-8H2,(H,18,19). The van der Waals surface area contributed by atoms with Crippen molar-refractivity contribution in [2.24, 2.45) is 0 Å². The van der Waals surface area contributed by atoms with Crippen molar-refractivity contribution >= 4 is 0 Å². The lowest BCUT2D eigenvalue weighted by Crippen LogP contribution is -2.26. The van der Waals surface area contributed by atoms with Crippen molar-refractivity contribution in [3.63, 3.8) is 0 Å². The molecule has 0 saturated carbocycles. The highest BCUT2D eigenvalue weighted by atomic mass is 16.5. The number of aromatic nitrogens is 2. The van der Waals surface area contributed by atoms with Gasteiger partial charge in [0.05, 0.1) is 18.5 Å². The molecule has 2 aliphatic heterocycles. The van der Waals surface area contributed by atoms with Gasteiger partial charge in [0.15, 0.2) is 0 Å². The van der Waals surface area contributed by atoms with Crippen molar-refractivity contribution in [2.45, 2.75) is 25.2 Å². The molecular weight excluding hydrogens is 250 g/mol. The SMILES string of the molecule is c1cc2c(cc1C1CCNCC1)-c1[nH]ncc1CCO2. The van der Waals surface area contributed by atoms with Crippen molar-refractivity contribution in [3.8, 4) is 17.0 Å². The highest BCUT2D eigenvalue weighted by molar-refractivity contribution is 5.71. The molecule has 1 aromatic heterocycles. The van der Waals surface area contributed by atoms with Crippen molar-refractivity contribution in [1.29, 1.82) is 0 Å². The van der Waals surface area contributed by atoms with E-state index in [1.807, 2.05) is 6.20 Å². The minimum atomic E-state index is 0.663. The zero-order valence-corrected chi connectivity index (χ0v) is 11.5. The van der Waals surface area contributed by atoms with Crippen LogP contribution in [0, 0.1) is 0 Å². The van der Waals surface area contributed by atoms with Gasteiger partial charge in [-0.25, -0.2) is 0 Å². The summed E-state index contributed by atoms with van der Waals surface area (Å²) in [6, 6.07) is 6.66. The largest absolute Gasteiger partial charge is 0.493 e. The molecule has 0 atom stereocenters. The third kappa shape index (κ3) is 2.00. The first-order chi connectivity index (χ1) is 9.92. The van der Waals surface area contributed by atoms with E-state index in [2.05, 4.69) is 33.7 Å². The number of fused-ring (bicyclic) bond motifs is 3. The van der Waals surface area contributed by atoms with Gasteiger partial charge in [-0.05, 0) is 49.5 Å². The molecule has 4 nitrogen and oxygen atoms in total. The molecule has 0 spiro atoms. The predicted octanol–water partition coefficient (Wildman–Crippen LogP) is 2.48. The fourth-order valence-electron chi connectivity index (χ4n) is 3.28. The van der Waals surface area contributed by atoms with Gasteiger partial charge < -0.3 is 10.1 Å². The Morgan fingerprint density at radius 3 is 3.00 bits per heavy atom. The fourth-order valence-corrected chi connectivity index (χ4v) is 3.28. The van der Waals surface area contributed by atoms with Crippen LogP contribution in [0.25, 0.3) is 11.3 Å². The van der Waals surface area contributed by atoms with E-state index in [-0.39, 0.29) is 0 Å². The first-order valence-corrected chi connectivity index (χ1v) is 7.42. The quantitative estimate of drug-likeness (QED) is 0.836. The Bertz CT molecular complexity index is 614. The van der Waals surface area contributed by atoms with E-state index in [0.29, 0.717) is 5.92 Å². The van der Waals surface area contributed by atoms with Crippen LogP contribution in [0.3, 0.4) is 0 Å². The summed E-state index contributed by atoms with van der Waals surface area (Å²) < 4.78 is 5.87. The van der Waals surface area contributed by atoms with Gasteiger partial charge in [-0.1, -0.05) is 6.07 Å². The van der Waals surface area contributed by atoms with Gasteiger partial charge in [-0.3, -0.25) is 5.10 Å². The van der Waals surface area contributed by atoms with Crippen molar-refractivity contribution < 1.29 is 4.74 Å². The molecule has 1 fully saturated rings. The molecule has 0 unspecified atom stereocenters. The molecule has 4 rings (SSSR count). The number of nitrogens with one attached hydrogen (secondary N) is 2. The highest BCUT2D eigenvalue weighted by Crippen LogP contribution is 2.37. The van der Waals surface area contributed by atoms with Gasteiger partial charge >= 0.3 is 0 Å². The zero-order chi connectivity index (χ0) is 13.4. The fraction of sp³-hybridized carbons (Fsp3) is 0.438. The molecular formula is C16H19N3O. The van der Waals surface area contributed by atoms with E-state index in [9.17, 15) is 0 Å². The molecule has 0 radical (unpaired) electrons. The molecule has 2 aromatic rings. The van der Waals surface area contributed by atoms with Gasteiger partial charge in [0.25, 0.3) is 0 Å². The number of piperidine rings is 1. The van der Waals surface area contributed by atoms with Gasteiger partial charge in [-0.2, -0.15) is 5.10 Å². The number of aromatic amines is 1. The van der Waals surface area contributed by atoms with Gasteiger partial charge in [0.2, 0.25) is 0 Å². The highest BCUT2D eigenvalue weighted by Gasteiger charge is 2.21. The van der Waals surface area contributed by atoms with Crippen LogP contribution in [-0.4, -0.2) is 29.9 Å². The van der Waals surface area contributed by atoms with E-state index in [1.165, 1.54) is 29.5 Å². The number of benzene rings is 1. The Balaban J connectivity index is 1.77. The minimum absolute atomic E-state index is 0.663. The number of hydrogen-bond donors (Lipinski definition) is 2. The maximum absolute atomic E-state index is 5.87. The maximum Gasteiger partial charge on any atom is 0.128 e. The maximum atomic E-state index is 5.87. The van der Waals surface area contributed by atoms with Crippen LogP contribution in [0.4, 0.5) is 0 Å². The molecule has 4 heteroatoms. The second-order valence-corrected chi connectivity index (χ2v) is 5.65. The lowest BCUT2D eigenvalue weighted by Gasteiger charge is -2.23. The van der Waals surface area contributed by atoms with E-state index in [0.717, 1.165) is 37.6 Å². The van der Waals surface area contributed by atoms with Crippen LogP contribution in [0.2, 0.25) is 0 Å². The number of nitrogens with zero attached hydrogens (tertiary/aromatic N) is 1. The number of ether oxygens (including phenoxy) is 1. The Kier molecular flexibility index (Phi) is 2.96. The number of hydrogen-bond acceptors (Lipinski definition) is 3. The Morgan fingerprint density at radius 2 is 2.10 bits per heavy atom. The third-order valence-corrected chi connectivity index (χ3v) is 4.43. The Morgan fingerprint density at radius 1 is 1.20 bits per heavy atom. The molecule has 0 bridgehead atoms. The summed E-state index contributed by atoms with van der Waals surface area (Å²) in [5, 5.41) is 10.8. The Hall–Kier alpha value is -1.81. The molecule has 2 aliphatic rings. The summed E-state index contributed by atoms with van der Waals surface area (Å²) in [5.41, 5.74) is 4.99. The van der Waals surface area contributed by atoms with E-state index in [1.54, 1.807) is 0 Å². The summed E-state index contributed by atoms with van der Waals surface area (Å²) in [6.45, 7) is 2.97. The van der Waals surface area contributed by atoms with Crippen LogP contribution in [0.1, 0.15) is 29.9 Å². The van der Waals surface area contributed by atoms with Gasteiger partial charge in [0.1, 0.15) is 5.75 Å². The predicted molar refractivity (Wildman–Crippen MR) is 78.1 cm³/mol. The minimum Gasteiger partial charge on any atom is -0.493 e. The van der Waals surface area contributed by atoms with Gasteiger partial charge in [-0.15, -0.1) is 0 Å². The first kappa shape index (κ1) is 12.0. The molecule has 2 N–H and O–H groups in total. The zero-order valence-electron chi connectivity index (χ0n) is 11.5. The topological polar surface area (TPSA) is 49.9 Å². The second-order valence-electron chi connectivity index (χ2n) is 5.65. The monoisotopic (exact) mass is 269 g/mol. The van der Waals surface area contributed by atoms with Crippen LogP contribution in [0.15, 0.2) is 24.4 Å². The van der Waals surface area contributed by atoms with E-state index in [4.69, 9.17) is 4.74 Å². The smallest absolute Gasteiger partial charge is 0.128 e. The van der Waals surface area contributed by atoms with Crippen LogP contribution < -0.4 is 10.1 Å². The molecule has 3 heterocycles. The van der Waals surface area contributed by atoms with Crippen molar-refractivity contribution in [3.05, 3.63) is 35.5 Å². The summed E-state index contributed by atoms with van der Waals surface area (Å²) >= 11 is 0. The first-order valence-electron chi connectivity index (χ1n) is 7.42.